The number of nitro benzene ring substituents is 1. The van der Waals surface area contributed by atoms with E-state index in [2.05, 4.69) is 5.32 Å². The predicted octanol–water partition coefficient (Wildman–Crippen LogP) is 1.61. The Bertz CT molecular complexity index is 822. The van der Waals surface area contributed by atoms with Crippen molar-refractivity contribution in [2.24, 2.45) is 0 Å². The van der Waals surface area contributed by atoms with Crippen LogP contribution in [0.3, 0.4) is 0 Å². The minimum atomic E-state index is -0.781. The van der Waals surface area contributed by atoms with Crippen LogP contribution in [-0.2, 0) is 4.74 Å². The Morgan fingerprint density at radius 1 is 1.39 bits per heavy atom. The highest BCUT2D eigenvalue weighted by atomic mass is 16.6. The minimum absolute atomic E-state index is 0.0486. The third-order valence-corrected chi connectivity index (χ3v) is 3.69. The van der Waals surface area contributed by atoms with Gasteiger partial charge in [-0.2, -0.15) is 0 Å². The Hall–Kier alpha value is -2.74. The Balaban J connectivity index is 1.86. The van der Waals surface area contributed by atoms with Crippen LogP contribution < -0.4 is 10.9 Å². The van der Waals surface area contributed by atoms with E-state index >= 15 is 0 Å². The third-order valence-electron chi connectivity index (χ3n) is 3.69. The number of fused-ring (bicyclic) bond motifs is 1. The average molecular weight is 318 g/mol. The zero-order chi connectivity index (χ0) is 16.4. The molecule has 0 radical (unpaired) electrons. The maximum atomic E-state index is 12.1. The van der Waals surface area contributed by atoms with Crippen LogP contribution in [0.1, 0.15) is 23.2 Å². The van der Waals surface area contributed by atoms with Crippen LogP contribution >= 0.6 is 0 Å². The normalized spacial score (nSPS) is 17.3. The number of nitro groups is 1. The van der Waals surface area contributed by atoms with Crippen LogP contribution in [0.15, 0.2) is 33.5 Å². The lowest BCUT2D eigenvalue weighted by molar-refractivity contribution is -0.384. The lowest BCUT2D eigenvalue weighted by Gasteiger charge is -2.10. The summed E-state index contributed by atoms with van der Waals surface area (Å²) in [5.41, 5.74) is -0.916. The molecule has 0 aliphatic carbocycles. The van der Waals surface area contributed by atoms with Crippen molar-refractivity contribution in [3.63, 3.8) is 0 Å². The van der Waals surface area contributed by atoms with Crippen molar-refractivity contribution in [1.29, 1.82) is 0 Å². The fourth-order valence-electron chi connectivity index (χ4n) is 2.49. The van der Waals surface area contributed by atoms with Crippen LogP contribution in [0.5, 0.6) is 0 Å². The van der Waals surface area contributed by atoms with E-state index in [1.807, 2.05) is 0 Å². The SMILES string of the molecule is O=C(NC[C@@H]1CCCO1)c1cc2cc([N+](=O)[O-])ccc2oc1=O. The van der Waals surface area contributed by atoms with Gasteiger partial charge in [0, 0.05) is 30.7 Å². The van der Waals surface area contributed by atoms with Gasteiger partial charge in [0.25, 0.3) is 11.6 Å². The number of carbonyl (C=O) groups is 1. The topological polar surface area (TPSA) is 112 Å². The Kier molecular flexibility index (Phi) is 4.07. The van der Waals surface area contributed by atoms with Gasteiger partial charge in [0.15, 0.2) is 0 Å². The second-order valence-electron chi connectivity index (χ2n) is 5.27. The first kappa shape index (κ1) is 15.2. The van der Waals surface area contributed by atoms with Crippen molar-refractivity contribution < 1.29 is 18.9 Å². The molecule has 0 unspecified atom stereocenters. The van der Waals surface area contributed by atoms with Crippen molar-refractivity contribution >= 4 is 22.6 Å². The average Bonchev–Trinajstić information content (AvgIpc) is 3.04. The summed E-state index contributed by atoms with van der Waals surface area (Å²) in [7, 11) is 0. The molecule has 1 aliphatic heterocycles. The van der Waals surface area contributed by atoms with Gasteiger partial charge in [-0.3, -0.25) is 14.9 Å². The van der Waals surface area contributed by atoms with Crippen molar-refractivity contribution in [3.8, 4) is 0 Å². The van der Waals surface area contributed by atoms with E-state index in [0.717, 1.165) is 12.8 Å². The number of nitrogens with zero attached hydrogens (tertiary/aromatic N) is 1. The molecular formula is C15H14N2O6. The molecule has 3 rings (SSSR count). The van der Waals surface area contributed by atoms with Gasteiger partial charge in [-0.1, -0.05) is 0 Å². The second kappa shape index (κ2) is 6.17. The fourth-order valence-corrected chi connectivity index (χ4v) is 2.49. The summed E-state index contributed by atoms with van der Waals surface area (Å²) in [6.45, 7) is 0.980. The second-order valence-corrected chi connectivity index (χ2v) is 5.27. The fraction of sp³-hybridized carbons (Fsp3) is 0.333. The molecule has 1 fully saturated rings. The summed E-state index contributed by atoms with van der Waals surface area (Å²) in [5.74, 6) is -0.581. The van der Waals surface area contributed by atoms with Gasteiger partial charge >= 0.3 is 5.63 Å². The monoisotopic (exact) mass is 318 g/mol. The molecular weight excluding hydrogens is 304 g/mol. The molecule has 1 atom stereocenters. The molecule has 0 bridgehead atoms. The minimum Gasteiger partial charge on any atom is -0.422 e. The van der Waals surface area contributed by atoms with Crippen molar-refractivity contribution in [3.05, 3.63) is 50.4 Å². The number of rotatable bonds is 4. The van der Waals surface area contributed by atoms with Gasteiger partial charge in [-0.15, -0.1) is 0 Å². The van der Waals surface area contributed by atoms with Crippen LogP contribution in [0, 0.1) is 10.1 Å². The number of non-ortho nitro benzene ring substituents is 1. The number of nitrogens with one attached hydrogen (secondary N) is 1. The Labute approximate surface area is 130 Å². The highest BCUT2D eigenvalue weighted by Gasteiger charge is 2.19. The van der Waals surface area contributed by atoms with Crippen LogP contribution in [0.2, 0.25) is 0 Å². The number of carbonyl (C=O) groups excluding carboxylic acids is 1. The number of hydrogen-bond donors (Lipinski definition) is 1. The molecule has 0 spiro atoms. The lowest BCUT2D eigenvalue weighted by Crippen LogP contribution is -2.34. The summed E-state index contributed by atoms with van der Waals surface area (Å²) < 4.78 is 10.4. The molecule has 2 aromatic rings. The first-order chi connectivity index (χ1) is 11.0. The zero-order valence-electron chi connectivity index (χ0n) is 12.1. The first-order valence-corrected chi connectivity index (χ1v) is 7.17. The summed E-state index contributed by atoms with van der Waals surface area (Å²) in [5, 5.41) is 13.7. The molecule has 1 amide bonds. The summed E-state index contributed by atoms with van der Waals surface area (Å²) in [6.07, 6.45) is 1.76. The van der Waals surface area contributed by atoms with Crippen molar-refractivity contribution in [1.82, 2.24) is 5.32 Å². The molecule has 1 saturated heterocycles. The van der Waals surface area contributed by atoms with Gasteiger partial charge in [0.1, 0.15) is 11.1 Å². The van der Waals surface area contributed by atoms with E-state index in [9.17, 15) is 19.7 Å². The third kappa shape index (κ3) is 3.21. The van der Waals surface area contributed by atoms with Gasteiger partial charge in [-0.25, -0.2) is 4.79 Å². The molecule has 8 heteroatoms. The number of amides is 1. The number of benzene rings is 1. The van der Waals surface area contributed by atoms with Gasteiger partial charge in [-0.05, 0) is 25.0 Å². The molecule has 23 heavy (non-hydrogen) atoms. The maximum Gasteiger partial charge on any atom is 0.349 e. The van der Waals surface area contributed by atoms with Crippen molar-refractivity contribution in [2.75, 3.05) is 13.2 Å². The highest BCUT2D eigenvalue weighted by molar-refractivity contribution is 5.96. The predicted molar refractivity (Wildman–Crippen MR) is 80.4 cm³/mol. The maximum absolute atomic E-state index is 12.1. The van der Waals surface area contributed by atoms with E-state index in [0.29, 0.717) is 18.5 Å². The highest BCUT2D eigenvalue weighted by Crippen LogP contribution is 2.20. The molecule has 1 N–H and O–H groups in total. The summed E-state index contributed by atoms with van der Waals surface area (Å²) in [4.78, 5) is 34.3. The molecule has 120 valence electrons. The molecule has 2 heterocycles. The van der Waals surface area contributed by atoms with Crippen LogP contribution in [-0.4, -0.2) is 30.1 Å². The van der Waals surface area contributed by atoms with E-state index < -0.39 is 16.5 Å². The van der Waals surface area contributed by atoms with E-state index in [1.165, 1.54) is 24.3 Å². The smallest absolute Gasteiger partial charge is 0.349 e. The van der Waals surface area contributed by atoms with Gasteiger partial charge in [0.2, 0.25) is 0 Å². The molecule has 1 aliphatic rings. The molecule has 1 aromatic heterocycles. The van der Waals surface area contributed by atoms with Gasteiger partial charge in [0.05, 0.1) is 11.0 Å². The van der Waals surface area contributed by atoms with E-state index in [-0.39, 0.29) is 22.9 Å². The standard InChI is InChI=1S/C15H14N2O6/c18-14(16-8-11-2-1-5-22-11)12-7-9-6-10(17(20)21)3-4-13(9)23-15(12)19/h3-4,6-7,11H,1-2,5,8H2,(H,16,18)/t11-/m0/s1. The van der Waals surface area contributed by atoms with Crippen LogP contribution in [0.4, 0.5) is 5.69 Å². The number of ether oxygens (including phenoxy) is 1. The molecule has 0 saturated carbocycles. The summed E-state index contributed by atoms with van der Waals surface area (Å²) in [6, 6.07) is 5.14. The van der Waals surface area contributed by atoms with E-state index in [1.54, 1.807) is 0 Å². The zero-order valence-corrected chi connectivity index (χ0v) is 12.1. The van der Waals surface area contributed by atoms with E-state index in [4.69, 9.17) is 9.15 Å². The van der Waals surface area contributed by atoms with Crippen LogP contribution in [0.25, 0.3) is 11.0 Å². The summed E-state index contributed by atoms with van der Waals surface area (Å²) >= 11 is 0. The number of hydrogen-bond acceptors (Lipinski definition) is 6. The Morgan fingerprint density at radius 2 is 2.22 bits per heavy atom. The van der Waals surface area contributed by atoms with Crippen molar-refractivity contribution in [2.45, 2.75) is 18.9 Å². The molecule has 8 nitrogen and oxygen atoms in total. The lowest BCUT2D eigenvalue weighted by atomic mass is 10.1. The first-order valence-electron chi connectivity index (χ1n) is 7.17. The quantitative estimate of drug-likeness (QED) is 0.521. The largest absolute Gasteiger partial charge is 0.422 e. The molecule has 1 aromatic carbocycles. The van der Waals surface area contributed by atoms with Gasteiger partial charge < -0.3 is 14.5 Å². The Morgan fingerprint density at radius 3 is 2.91 bits per heavy atom.